The molecule has 0 fully saturated rings. The molecular formula is C8H10N2. The maximum atomic E-state index is 4.21. The zero-order valence-corrected chi connectivity index (χ0v) is 6.02. The molecule has 0 amide bonds. The van der Waals surface area contributed by atoms with Crippen molar-refractivity contribution in [2.45, 2.75) is 20.0 Å². The van der Waals surface area contributed by atoms with Gasteiger partial charge in [-0.25, -0.2) is 0 Å². The lowest BCUT2D eigenvalue weighted by Gasteiger charge is -1.96. The predicted octanol–water partition coefficient (Wildman–Crippen LogP) is 0.993. The van der Waals surface area contributed by atoms with Gasteiger partial charge in [0.1, 0.15) is 0 Å². The van der Waals surface area contributed by atoms with E-state index in [-0.39, 0.29) is 0 Å². The van der Waals surface area contributed by atoms with Gasteiger partial charge < -0.3 is 5.32 Å². The van der Waals surface area contributed by atoms with E-state index in [1.807, 2.05) is 13.1 Å². The standard InChI is InChI=1S/C8H10N2/c1-6-2-7-3-9-4-8(7)5-10-6/h2,5,9H,3-4H2,1H3. The maximum absolute atomic E-state index is 4.21. The molecule has 1 aliphatic rings. The molecule has 0 saturated heterocycles. The fourth-order valence-corrected chi connectivity index (χ4v) is 1.30. The first-order valence-corrected chi connectivity index (χ1v) is 3.51. The molecule has 2 rings (SSSR count). The van der Waals surface area contributed by atoms with E-state index in [9.17, 15) is 0 Å². The van der Waals surface area contributed by atoms with Crippen molar-refractivity contribution in [1.82, 2.24) is 10.3 Å². The zero-order valence-electron chi connectivity index (χ0n) is 6.02. The summed E-state index contributed by atoms with van der Waals surface area (Å²) < 4.78 is 0. The fraction of sp³-hybridized carbons (Fsp3) is 0.375. The molecule has 0 bridgehead atoms. The van der Waals surface area contributed by atoms with Gasteiger partial charge in [-0.2, -0.15) is 0 Å². The van der Waals surface area contributed by atoms with Gasteiger partial charge in [0.05, 0.1) is 0 Å². The van der Waals surface area contributed by atoms with Crippen LogP contribution in [0.4, 0.5) is 0 Å². The third-order valence-electron chi connectivity index (χ3n) is 1.85. The zero-order chi connectivity index (χ0) is 6.97. The number of nitrogens with zero attached hydrogens (tertiary/aromatic N) is 1. The van der Waals surface area contributed by atoms with Crippen molar-refractivity contribution in [2.24, 2.45) is 0 Å². The van der Waals surface area contributed by atoms with E-state index < -0.39 is 0 Å². The van der Waals surface area contributed by atoms with Crippen LogP contribution in [0.1, 0.15) is 16.8 Å². The van der Waals surface area contributed by atoms with Gasteiger partial charge >= 0.3 is 0 Å². The molecule has 2 heteroatoms. The van der Waals surface area contributed by atoms with Crippen LogP contribution in [0.15, 0.2) is 12.3 Å². The number of aromatic nitrogens is 1. The van der Waals surface area contributed by atoms with Crippen molar-refractivity contribution in [1.29, 1.82) is 0 Å². The molecule has 0 aliphatic carbocycles. The van der Waals surface area contributed by atoms with Gasteiger partial charge in [-0.3, -0.25) is 4.98 Å². The highest BCUT2D eigenvalue weighted by atomic mass is 14.9. The Bertz CT molecular complexity index is 255. The number of fused-ring (bicyclic) bond motifs is 1. The minimum Gasteiger partial charge on any atom is -0.309 e. The van der Waals surface area contributed by atoms with Crippen LogP contribution in [0.2, 0.25) is 0 Å². The quantitative estimate of drug-likeness (QED) is 0.572. The van der Waals surface area contributed by atoms with Crippen LogP contribution >= 0.6 is 0 Å². The van der Waals surface area contributed by atoms with Crippen LogP contribution in [-0.2, 0) is 13.1 Å². The summed E-state index contributed by atoms with van der Waals surface area (Å²) in [5.74, 6) is 0. The summed E-state index contributed by atoms with van der Waals surface area (Å²) in [5.41, 5.74) is 3.88. The van der Waals surface area contributed by atoms with Gasteiger partial charge in [0, 0.05) is 25.0 Å². The second kappa shape index (κ2) is 2.06. The summed E-state index contributed by atoms with van der Waals surface area (Å²) in [6.45, 7) is 4.03. The minimum atomic E-state index is 0.989. The molecule has 2 nitrogen and oxygen atoms in total. The lowest BCUT2D eigenvalue weighted by molar-refractivity contribution is 0.764. The second-order valence-electron chi connectivity index (χ2n) is 2.70. The SMILES string of the molecule is Cc1cc2c(cn1)CNC2. The van der Waals surface area contributed by atoms with Crippen LogP contribution in [0, 0.1) is 6.92 Å². The van der Waals surface area contributed by atoms with E-state index in [2.05, 4.69) is 16.4 Å². The first kappa shape index (κ1) is 5.86. The van der Waals surface area contributed by atoms with E-state index in [0.717, 1.165) is 18.8 Å². The van der Waals surface area contributed by atoms with Gasteiger partial charge in [-0.15, -0.1) is 0 Å². The number of aryl methyl sites for hydroxylation is 1. The van der Waals surface area contributed by atoms with Crippen molar-refractivity contribution in [3.8, 4) is 0 Å². The van der Waals surface area contributed by atoms with Gasteiger partial charge in [-0.05, 0) is 24.1 Å². The third-order valence-corrected chi connectivity index (χ3v) is 1.85. The molecule has 1 N–H and O–H groups in total. The first-order valence-electron chi connectivity index (χ1n) is 3.51. The van der Waals surface area contributed by atoms with Crippen molar-refractivity contribution >= 4 is 0 Å². The minimum absolute atomic E-state index is 0.989. The maximum Gasteiger partial charge on any atom is 0.0376 e. The highest BCUT2D eigenvalue weighted by Crippen LogP contribution is 2.13. The van der Waals surface area contributed by atoms with E-state index in [0.29, 0.717) is 0 Å². The van der Waals surface area contributed by atoms with Crippen LogP contribution < -0.4 is 5.32 Å². The molecule has 0 atom stereocenters. The highest BCUT2D eigenvalue weighted by molar-refractivity contribution is 5.29. The van der Waals surface area contributed by atoms with Crippen LogP contribution in [0.25, 0.3) is 0 Å². The van der Waals surface area contributed by atoms with Crippen molar-refractivity contribution in [3.05, 3.63) is 29.1 Å². The number of pyridine rings is 1. The van der Waals surface area contributed by atoms with Gasteiger partial charge in [0.2, 0.25) is 0 Å². The average molecular weight is 134 g/mol. The molecular weight excluding hydrogens is 124 g/mol. The molecule has 1 aromatic rings. The summed E-state index contributed by atoms with van der Waals surface area (Å²) in [5, 5.41) is 3.27. The summed E-state index contributed by atoms with van der Waals surface area (Å²) in [7, 11) is 0. The summed E-state index contributed by atoms with van der Waals surface area (Å²) in [6.07, 6.45) is 1.96. The van der Waals surface area contributed by atoms with Crippen molar-refractivity contribution in [2.75, 3.05) is 0 Å². The topological polar surface area (TPSA) is 24.9 Å². The van der Waals surface area contributed by atoms with Gasteiger partial charge in [-0.1, -0.05) is 0 Å². The molecule has 0 radical (unpaired) electrons. The summed E-state index contributed by atoms with van der Waals surface area (Å²) in [4.78, 5) is 4.21. The molecule has 0 unspecified atom stereocenters. The Balaban J connectivity index is 2.52. The second-order valence-corrected chi connectivity index (χ2v) is 2.70. The normalized spacial score (nSPS) is 15.3. The van der Waals surface area contributed by atoms with Crippen LogP contribution in [0.5, 0.6) is 0 Å². The molecule has 0 spiro atoms. The third kappa shape index (κ3) is 0.809. The Labute approximate surface area is 60.3 Å². The number of hydrogen-bond acceptors (Lipinski definition) is 2. The molecule has 0 saturated carbocycles. The summed E-state index contributed by atoms with van der Waals surface area (Å²) >= 11 is 0. The van der Waals surface area contributed by atoms with Crippen LogP contribution in [-0.4, -0.2) is 4.98 Å². The van der Waals surface area contributed by atoms with E-state index >= 15 is 0 Å². The Morgan fingerprint density at radius 3 is 3.10 bits per heavy atom. The Morgan fingerprint density at radius 1 is 1.40 bits per heavy atom. The van der Waals surface area contributed by atoms with E-state index in [1.54, 1.807) is 0 Å². The van der Waals surface area contributed by atoms with Crippen molar-refractivity contribution < 1.29 is 0 Å². The Kier molecular flexibility index (Phi) is 1.21. The molecule has 0 aromatic carbocycles. The molecule has 2 heterocycles. The van der Waals surface area contributed by atoms with E-state index in [1.165, 1.54) is 11.1 Å². The number of hydrogen-bond donors (Lipinski definition) is 1. The number of nitrogens with one attached hydrogen (secondary N) is 1. The van der Waals surface area contributed by atoms with Gasteiger partial charge in [0.25, 0.3) is 0 Å². The highest BCUT2D eigenvalue weighted by Gasteiger charge is 2.08. The smallest absolute Gasteiger partial charge is 0.0376 e. The molecule has 1 aliphatic heterocycles. The summed E-state index contributed by atoms with van der Waals surface area (Å²) in [6, 6.07) is 2.15. The first-order chi connectivity index (χ1) is 4.86. The number of rotatable bonds is 0. The Morgan fingerprint density at radius 2 is 2.20 bits per heavy atom. The predicted molar refractivity (Wildman–Crippen MR) is 39.5 cm³/mol. The van der Waals surface area contributed by atoms with Gasteiger partial charge in [0.15, 0.2) is 0 Å². The molecule has 1 aromatic heterocycles. The largest absolute Gasteiger partial charge is 0.309 e. The monoisotopic (exact) mass is 134 g/mol. The Hall–Kier alpha value is -0.890. The van der Waals surface area contributed by atoms with Crippen molar-refractivity contribution in [3.63, 3.8) is 0 Å². The fourth-order valence-electron chi connectivity index (χ4n) is 1.30. The average Bonchev–Trinajstić information content (AvgIpc) is 2.33. The van der Waals surface area contributed by atoms with E-state index in [4.69, 9.17) is 0 Å². The molecule has 10 heavy (non-hydrogen) atoms. The lowest BCUT2D eigenvalue weighted by Crippen LogP contribution is -1.99. The lowest BCUT2D eigenvalue weighted by atomic mass is 10.2. The molecule has 52 valence electrons. The van der Waals surface area contributed by atoms with Crippen LogP contribution in [0.3, 0.4) is 0 Å².